The molecule has 0 saturated heterocycles. The summed E-state index contributed by atoms with van der Waals surface area (Å²) in [6, 6.07) is 15.2. The molecule has 0 aliphatic carbocycles. The first kappa shape index (κ1) is 25.4. The molecule has 2 aromatic carbocycles. The molecule has 0 aliphatic heterocycles. The maximum Gasteiger partial charge on any atom is 0.344 e. The predicted molar refractivity (Wildman–Crippen MR) is 120 cm³/mol. The zero-order valence-corrected chi connectivity index (χ0v) is 19.0. The fourth-order valence-electron chi connectivity index (χ4n) is 2.95. The minimum Gasteiger partial charge on any atom is -0.461 e. The Hall–Kier alpha value is -2.90. The highest BCUT2D eigenvalue weighted by atomic mass is 35.5. The molecule has 172 valence electrons. The number of halogens is 1. The molecule has 7 nitrogen and oxygen atoms in total. The Bertz CT molecular complexity index is 887. The molecule has 0 fully saturated rings. The molecule has 0 saturated carbocycles. The third-order valence-electron chi connectivity index (χ3n) is 4.77. The average Bonchev–Trinajstić information content (AvgIpc) is 2.81. The van der Waals surface area contributed by atoms with Gasteiger partial charge in [0.05, 0.1) is 6.61 Å². The molecule has 32 heavy (non-hydrogen) atoms. The van der Waals surface area contributed by atoms with E-state index in [0.29, 0.717) is 17.9 Å². The first-order valence-electron chi connectivity index (χ1n) is 10.4. The molecule has 1 N–H and O–H groups in total. The van der Waals surface area contributed by atoms with Gasteiger partial charge in [0.15, 0.2) is 0 Å². The number of nitrogens with one attached hydrogen (secondary N) is 1. The molecule has 0 unspecified atom stereocenters. The van der Waals surface area contributed by atoms with Gasteiger partial charge in [-0.25, -0.2) is 9.59 Å². The Morgan fingerprint density at radius 2 is 1.59 bits per heavy atom. The SMILES string of the molecule is CCCC[C@@](NC(=O)c1ccc(Cl)cc1)(C(=O)OCCOC)C(=O)OCc1ccccc1. The molecule has 1 amide bonds. The number of unbranched alkanes of at least 4 members (excludes halogenated alkanes) is 1. The summed E-state index contributed by atoms with van der Waals surface area (Å²) in [5.41, 5.74) is -0.993. The van der Waals surface area contributed by atoms with Gasteiger partial charge in [-0.1, -0.05) is 61.7 Å². The second kappa shape index (κ2) is 12.8. The molecule has 1 atom stereocenters. The Labute approximate surface area is 193 Å². The van der Waals surface area contributed by atoms with Crippen molar-refractivity contribution in [1.29, 1.82) is 0 Å². The number of hydrogen-bond donors (Lipinski definition) is 1. The van der Waals surface area contributed by atoms with Crippen molar-refractivity contribution in [2.75, 3.05) is 20.3 Å². The minimum atomic E-state index is -1.99. The van der Waals surface area contributed by atoms with Crippen molar-refractivity contribution >= 4 is 29.4 Å². The quantitative estimate of drug-likeness (QED) is 0.292. The van der Waals surface area contributed by atoms with Crippen molar-refractivity contribution < 1.29 is 28.6 Å². The van der Waals surface area contributed by atoms with E-state index in [2.05, 4.69) is 5.32 Å². The molecule has 2 rings (SSSR count). The lowest BCUT2D eigenvalue weighted by Crippen LogP contribution is -2.61. The Morgan fingerprint density at radius 1 is 0.938 bits per heavy atom. The maximum absolute atomic E-state index is 13.2. The molecule has 0 bridgehead atoms. The first-order chi connectivity index (χ1) is 15.4. The van der Waals surface area contributed by atoms with Gasteiger partial charge in [0.25, 0.3) is 5.91 Å². The van der Waals surface area contributed by atoms with Gasteiger partial charge in [0.2, 0.25) is 5.54 Å². The number of ether oxygens (including phenoxy) is 3. The summed E-state index contributed by atoms with van der Waals surface area (Å²) >= 11 is 5.90. The molecular formula is C24H28ClNO6. The van der Waals surface area contributed by atoms with Crippen LogP contribution in [0.3, 0.4) is 0 Å². The van der Waals surface area contributed by atoms with Crippen molar-refractivity contribution in [1.82, 2.24) is 5.32 Å². The molecule has 0 aliphatic rings. The summed E-state index contributed by atoms with van der Waals surface area (Å²) in [6.07, 6.45) is 1.21. The Kier molecular flexibility index (Phi) is 10.2. The zero-order valence-electron chi connectivity index (χ0n) is 18.3. The van der Waals surface area contributed by atoms with Crippen molar-refractivity contribution in [2.24, 2.45) is 0 Å². The number of esters is 2. The highest BCUT2D eigenvalue weighted by Crippen LogP contribution is 2.22. The van der Waals surface area contributed by atoms with Gasteiger partial charge in [-0.05, 0) is 36.2 Å². The van der Waals surface area contributed by atoms with Gasteiger partial charge >= 0.3 is 11.9 Å². The van der Waals surface area contributed by atoms with Crippen LogP contribution in [-0.4, -0.2) is 43.7 Å². The molecule has 0 radical (unpaired) electrons. The normalized spacial score (nSPS) is 12.5. The number of hydrogen-bond acceptors (Lipinski definition) is 6. The van der Waals surface area contributed by atoms with E-state index in [9.17, 15) is 14.4 Å². The number of rotatable bonds is 12. The van der Waals surface area contributed by atoms with Crippen LogP contribution in [0.5, 0.6) is 0 Å². The van der Waals surface area contributed by atoms with Gasteiger partial charge < -0.3 is 19.5 Å². The number of benzene rings is 2. The number of methoxy groups -OCH3 is 1. The van der Waals surface area contributed by atoms with Crippen LogP contribution in [0.25, 0.3) is 0 Å². The van der Waals surface area contributed by atoms with Gasteiger partial charge in [-0.15, -0.1) is 0 Å². The third kappa shape index (κ3) is 7.07. The lowest BCUT2D eigenvalue weighted by Gasteiger charge is -2.30. The summed E-state index contributed by atoms with van der Waals surface area (Å²) in [7, 11) is 1.47. The van der Waals surface area contributed by atoms with Crippen molar-refractivity contribution in [3.05, 3.63) is 70.7 Å². The maximum atomic E-state index is 13.2. The standard InChI is InChI=1S/C24H28ClNO6/c1-3-4-14-24(22(28)31-16-15-30-2,23(29)32-17-18-8-6-5-7-9-18)26-21(27)19-10-12-20(25)13-11-19/h5-13H,3-4,14-17H2,1-2H3,(H,26,27)/t24-/m1/s1. The van der Waals surface area contributed by atoms with Crippen LogP contribution in [0.2, 0.25) is 5.02 Å². The van der Waals surface area contributed by atoms with Crippen molar-refractivity contribution in [2.45, 2.75) is 38.3 Å². The zero-order chi connectivity index (χ0) is 23.4. The van der Waals surface area contributed by atoms with E-state index >= 15 is 0 Å². The fraction of sp³-hybridized carbons (Fsp3) is 0.375. The molecule has 0 aromatic heterocycles. The summed E-state index contributed by atoms with van der Waals surface area (Å²) in [5, 5.41) is 3.05. The number of amides is 1. The van der Waals surface area contributed by atoms with E-state index < -0.39 is 23.4 Å². The van der Waals surface area contributed by atoms with Gasteiger partial charge in [0, 0.05) is 17.7 Å². The van der Waals surface area contributed by atoms with E-state index in [0.717, 1.165) is 5.56 Å². The van der Waals surface area contributed by atoms with E-state index in [1.165, 1.54) is 19.2 Å². The van der Waals surface area contributed by atoms with Crippen molar-refractivity contribution in [3.63, 3.8) is 0 Å². The molecule has 0 heterocycles. The van der Waals surface area contributed by atoms with Gasteiger partial charge in [0.1, 0.15) is 13.2 Å². The molecule has 2 aromatic rings. The minimum absolute atomic E-state index is 0.0300. The lowest BCUT2D eigenvalue weighted by atomic mass is 9.91. The second-order valence-corrected chi connectivity index (χ2v) is 7.60. The van der Waals surface area contributed by atoms with Crippen molar-refractivity contribution in [3.8, 4) is 0 Å². The average molecular weight is 462 g/mol. The molecule has 0 spiro atoms. The van der Waals surface area contributed by atoms with Crippen LogP contribution < -0.4 is 5.32 Å². The molecular weight excluding hydrogens is 434 g/mol. The number of carbonyl (C=O) groups excluding carboxylic acids is 3. The van der Waals surface area contributed by atoms with Crippen LogP contribution in [0.1, 0.15) is 42.1 Å². The van der Waals surface area contributed by atoms with Crippen LogP contribution in [-0.2, 0) is 30.4 Å². The van der Waals surface area contributed by atoms with E-state index in [-0.39, 0.29) is 31.8 Å². The predicted octanol–water partition coefficient (Wildman–Crippen LogP) is 3.93. The topological polar surface area (TPSA) is 90.9 Å². The molecule has 8 heteroatoms. The van der Waals surface area contributed by atoms with Gasteiger partial charge in [-0.2, -0.15) is 0 Å². The summed E-state index contributed by atoms with van der Waals surface area (Å²) in [6.45, 7) is 1.96. The Morgan fingerprint density at radius 3 is 2.22 bits per heavy atom. The monoisotopic (exact) mass is 461 g/mol. The van der Waals surface area contributed by atoms with Crippen LogP contribution >= 0.6 is 11.6 Å². The third-order valence-corrected chi connectivity index (χ3v) is 5.02. The van der Waals surface area contributed by atoms with Crippen LogP contribution in [0, 0.1) is 0 Å². The smallest absolute Gasteiger partial charge is 0.344 e. The summed E-state index contributed by atoms with van der Waals surface area (Å²) in [5.74, 6) is -2.37. The summed E-state index contributed by atoms with van der Waals surface area (Å²) < 4.78 is 15.7. The highest BCUT2D eigenvalue weighted by molar-refractivity contribution is 6.30. The van der Waals surface area contributed by atoms with Gasteiger partial charge in [-0.3, -0.25) is 4.79 Å². The van der Waals surface area contributed by atoms with E-state index in [4.69, 9.17) is 25.8 Å². The first-order valence-corrected chi connectivity index (χ1v) is 10.8. The summed E-state index contributed by atoms with van der Waals surface area (Å²) in [4.78, 5) is 39.3. The lowest BCUT2D eigenvalue weighted by molar-refractivity contribution is -0.168. The Balaban J connectivity index is 2.32. The highest BCUT2D eigenvalue weighted by Gasteiger charge is 2.50. The van der Waals surface area contributed by atoms with Crippen LogP contribution in [0.15, 0.2) is 54.6 Å². The van der Waals surface area contributed by atoms with E-state index in [1.807, 2.05) is 25.1 Å². The van der Waals surface area contributed by atoms with E-state index in [1.54, 1.807) is 24.3 Å². The second-order valence-electron chi connectivity index (χ2n) is 7.16. The van der Waals surface area contributed by atoms with Crippen LogP contribution in [0.4, 0.5) is 0 Å². The largest absolute Gasteiger partial charge is 0.461 e. The fourth-order valence-corrected chi connectivity index (χ4v) is 3.07. The number of carbonyl (C=O) groups is 3.